The molecule has 0 saturated heterocycles. The van der Waals surface area contributed by atoms with Gasteiger partial charge in [0.2, 0.25) is 0 Å². The van der Waals surface area contributed by atoms with E-state index in [9.17, 15) is 0 Å². The summed E-state index contributed by atoms with van der Waals surface area (Å²) in [5, 5.41) is 0.577. The number of halogens is 1. The lowest BCUT2D eigenvalue weighted by Crippen LogP contribution is -1.90. The Morgan fingerprint density at radius 1 is 1.11 bits per heavy atom. The Balaban J connectivity index is 1.84. The maximum Gasteiger partial charge on any atom is 0.195 e. The molecular formula is C15H13ClN2O. The van der Waals surface area contributed by atoms with Crippen molar-refractivity contribution in [2.45, 2.75) is 12.8 Å². The lowest BCUT2D eigenvalue weighted by molar-refractivity contribution is 0.529. The highest BCUT2D eigenvalue weighted by Crippen LogP contribution is 2.26. The number of anilines is 1. The van der Waals surface area contributed by atoms with Crippen molar-refractivity contribution in [3.8, 4) is 0 Å². The molecule has 4 heteroatoms. The van der Waals surface area contributed by atoms with E-state index < -0.39 is 0 Å². The number of hydrogen-bond donors (Lipinski definition) is 1. The van der Waals surface area contributed by atoms with Gasteiger partial charge < -0.3 is 10.2 Å². The molecule has 2 N–H and O–H groups in total. The van der Waals surface area contributed by atoms with Crippen LogP contribution in [0.25, 0.3) is 11.1 Å². The van der Waals surface area contributed by atoms with Gasteiger partial charge in [-0.1, -0.05) is 41.9 Å². The van der Waals surface area contributed by atoms with E-state index in [0.29, 0.717) is 27.7 Å². The molecule has 1 heterocycles. The summed E-state index contributed by atoms with van der Waals surface area (Å²) in [5.41, 5.74) is 8.98. The number of nitrogens with two attached hydrogens (primary N) is 1. The van der Waals surface area contributed by atoms with Gasteiger partial charge in [0, 0.05) is 11.4 Å². The van der Waals surface area contributed by atoms with Gasteiger partial charge >= 0.3 is 0 Å². The maximum absolute atomic E-state index is 5.94. The molecule has 0 amide bonds. The van der Waals surface area contributed by atoms with Crippen LogP contribution in [-0.4, -0.2) is 4.98 Å². The zero-order valence-corrected chi connectivity index (χ0v) is 11.0. The van der Waals surface area contributed by atoms with E-state index in [1.807, 2.05) is 18.2 Å². The van der Waals surface area contributed by atoms with Crippen LogP contribution in [0.3, 0.4) is 0 Å². The highest BCUT2D eigenvalue weighted by Gasteiger charge is 2.09. The minimum atomic E-state index is 0.529. The Bertz CT molecular complexity index is 707. The smallest absolute Gasteiger partial charge is 0.195 e. The number of oxazole rings is 1. The second-order valence-electron chi connectivity index (χ2n) is 4.44. The van der Waals surface area contributed by atoms with Gasteiger partial charge in [0.25, 0.3) is 0 Å². The molecule has 96 valence electrons. The summed E-state index contributed by atoms with van der Waals surface area (Å²) in [6.45, 7) is 0. The Morgan fingerprint density at radius 3 is 2.68 bits per heavy atom. The van der Waals surface area contributed by atoms with Crippen molar-refractivity contribution in [1.82, 2.24) is 4.98 Å². The van der Waals surface area contributed by atoms with Gasteiger partial charge in [-0.15, -0.1) is 0 Å². The van der Waals surface area contributed by atoms with Crippen molar-refractivity contribution >= 4 is 28.4 Å². The molecule has 3 rings (SSSR count). The summed E-state index contributed by atoms with van der Waals surface area (Å²) >= 11 is 5.94. The van der Waals surface area contributed by atoms with Crippen molar-refractivity contribution in [2.75, 3.05) is 5.73 Å². The number of nitrogen functional groups attached to an aromatic ring is 1. The molecule has 1 aromatic heterocycles. The van der Waals surface area contributed by atoms with E-state index in [2.05, 4.69) is 17.1 Å². The third-order valence-electron chi connectivity index (χ3n) is 3.00. The number of benzene rings is 2. The van der Waals surface area contributed by atoms with E-state index in [-0.39, 0.29) is 0 Å². The maximum atomic E-state index is 5.94. The largest absolute Gasteiger partial charge is 0.439 e. The fourth-order valence-electron chi connectivity index (χ4n) is 2.07. The molecule has 19 heavy (non-hydrogen) atoms. The Morgan fingerprint density at radius 2 is 1.89 bits per heavy atom. The second kappa shape index (κ2) is 4.94. The van der Waals surface area contributed by atoms with Gasteiger partial charge in [0.1, 0.15) is 5.52 Å². The number of rotatable bonds is 3. The van der Waals surface area contributed by atoms with Crippen molar-refractivity contribution in [2.24, 2.45) is 0 Å². The van der Waals surface area contributed by atoms with Crippen molar-refractivity contribution in [3.63, 3.8) is 0 Å². The highest BCUT2D eigenvalue weighted by atomic mass is 35.5. The van der Waals surface area contributed by atoms with Gasteiger partial charge in [-0.3, -0.25) is 0 Å². The molecule has 3 nitrogen and oxygen atoms in total. The Hall–Kier alpha value is -2.00. The summed E-state index contributed by atoms with van der Waals surface area (Å²) in [4.78, 5) is 4.42. The first-order valence-corrected chi connectivity index (χ1v) is 6.48. The van der Waals surface area contributed by atoms with Gasteiger partial charge in [-0.2, -0.15) is 0 Å². The van der Waals surface area contributed by atoms with E-state index in [0.717, 1.165) is 12.8 Å². The van der Waals surface area contributed by atoms with Crippen LogP contribution in [0.5, 0.6) is 0 Å². The zero-order chi connectivity index (χ0) is 13.2. The molecule has 0 fully saturated rings. The molecule has 0 aliphatic carbocycles. The van der Waals surface area contributed by atoms with Gasteiger partial charge in [-0.25, -0.2) is 4.98 Å². The predicted octanol–water partition coefficient (Wildman–Crippen LogP) is 3.85. The fraction of sp³-hybridized carbons (Fsp3) is 0.133. The number of fused-ring (bicyclic) bond motifs is 1. The van der Waals surface area contributed by atoms with Crippen LogP contribution in [0.15, 0.2) is 46.9 Å². The van der Waals surface area contributed by atoms with Gasteiger partial charge in [0.15, 0.2) is 11.5 Å². The molecule has 0 aliphatic heterocycles. The molecule has 0 saturated carbocycles. The molecule has 0 spiro atoms. The molecule has 0 bridgehead atoms. The van der Waals surface area contributed by atoms with E-state index >= 15 is 0 Å². The van der Waals surface area contributed by atoms with Gasteiger partial charge in [0.05, 0.1) is 5.69 Å². The lowest BCUT2D eigenvalue weighted by Gasteiger charge is -1.97. The molecule has 0 unspecified atom stereocenters. The third kappa shape index (κ3) is 2.56. The molecule has 3 aromatic rings. The average Bonchev–Trinajstić information content (AvgIpc) is 2.81. The fourth-order valence-corrected chi connectivity index (χ4v) is 2.29. The first-order chi connectivity index (χ1) is 9.22. The zero-order valence-electron chi connectivity index (χ0n) is 10.3. The summed E-state index contributed by atoms with van der Waals surface area (Å²) < 4.78 is 5.68. The van der Waals surface area contributed by atoms with Crippen LogP contribution in [0.1, 0.15) is 11.5 Å². The molecule has 2 aromatic carbocycles. The van der Waals surface area contributed by atoms with Crippen LogP contribution in [0, 0.1) is 0 Å². The number of nitrogens with zero attached hydrogens (tertiary/aromatic N) is 1. The average molecular weight is 273 g/mol. The monoisotopic (exact) mass is 272 g/mol. The summed E-state index contributed by atoms with van der Waals surface area (Å²) in [7, 11) is 0. The second-order valence-corrected chi connectivity index (χ2v) is 4.87. The SMILES string of the molecule is Nc1cc(Cl)cc2nc(CCc3ccccc3)oc12. The minimum Gasteiger partial charge on any atom is -0.439 e. The summed E-state index contributed by atoms with van der Waals surface area (Å²) in [5.74, 6) is 0.688. The van der Waals surface area contributed by atoms with Crippen molar-refractivity contribution in [1.29, 1.82) is 0 Å². The quantitative estimate of drug-likeness (QED) is 0.737. The first kappa shape index (κ1) is 12.1. The lowest BCUT2D eigenvalue weighted by atomic mass is 10.1. The summed E-state index contributed by atoms with van der Waals surface area (Å²) in [6.07, 6.45) is 1.64. The number of aromatic nitrogens is 1. The van der Waals surface area contributed by atoms with Crippen molar-refractivity contribution in [3.05, 3.63) is 58.9 Å². The van der Waals surface area contributed by atoms with Crippen LogP contribution < -0.4 is 5.73 Å². The number of aryl methyl sites for hydroxylation is 2. The van der Waals surface area contributed by atoms with Gasteiger partial charge in [-0.05, 0) is 24.1 Å². The van der Waals surface area contributed by atoms with E-state index in [1.165, 1.54) is 5.56 Å². The normalized spacial score (nSPS) is 11.0. The van der Waals surface area contributed by atoms with Crippen LogP contribution >= 0.6 is 11.6 Å². The first-order valence-electron chi connectivity index (χ1n) is 6.11. The predicted molar refractivity (Wildman–Crippen MR) is 77.3 cm³/mol. The molecule has 0 aliphatic rings. The molecule has 0 radical (unpaired) electrons. The number of hydrogen-bond acceptors (Lipinski definition) is 3. The topological polar surface area (TPSA) is 52.0 Å². The Labute approximate surface area is 116 Å². The summed E-state index contributed by atoms with van der Waals surface area (Å²) in [6, 6.07) is 13.7. The van der Waals surface area contributed by atoms with Crippen LogP contribution in [0.4, 0.5) is 5.69 Å². The van der Waals surface area contributed by atoms with Crippen molar-refractivity contribution < 1.29 is 4.42 Å². The molecular weight excluding hydrogens is 260 g/mol. The van der Waals surface area contributed by atoms with E-state index in [4.69, 9.17) is 21.8 Å². The third-order valence-corrected chi connectivity index (χ3v) is 3.22. The standard InChI is InChI=1S/C15H13ClN2O/c16-11-8-12(17)15-13(9-11)18-14(19-15)7-6-10-4-2-1-3-5-10/h1-5,8-9H,6-7,17H2. The van der Waals surface area contributed by atoms with Crippen LogP contribution in [0.2, 0.25) is 5.02 Å². The highest BCUT2D eigenvalue weighted by molar-refractivity contribution is 6.31. The molecule has 0 atom stereocenters. The van der Waals surface area contributed by atoms with E-state index in [1.54, 1.807) is 12.1 Å². The minimum absolute atomic E-state index is 0.529. The van der Waals surface area contributed by atoms with Crippen LogP contribution in [-0.2, 0) is 12.8 Å². The Kier molecular flexibility index (Phi) is 3.13.